The van der Waals surface area contributed by atoms with E-state index in [9.17, 15) is 18.0 Å². The fraction of sp³-hybridized carbons (Fsp3) is 0.571. The molecule has 170 valence electrons. The van der Waals surface area contributed by atoms with Crippen molar-refractivity contribution >= 4 is 38.8 Å². The highest BCUT2D eigenvalue weighted by molar-refractivity contribution is 8.15. The number of alkyl carbamates (subject to hydrolysis) is 1. The third kappa shape index (κ3) is 6.22. The van der Waals surface area contributed by atoms with Crippen LogP contribution in [0.2, 0.25) is 0 Å². The molecule has 1 N–H and O–H groups in total. The maximum atomic E-state index is 13.1. The summed E-state index contributed by atoms with van der Waals surface area (Å²) in [7, 11) is -3.07. The monoisotopic (exact) mass is 467 g/mol. The van der Waals surface area contributed by atoms with Crippen LogP contribution >= 0.6 is 11.8 Å². The maximum Gasteiger partial charge on any atom is 0.408 e. The first-order valence-electron chi connectivity index (χ1n) is 10.3. The van der Waals surface area contributed by atoms with Gasteiger partial charge in [0.25, 0.3) is 5.91 Å². The standard InChI is InChI=1S/C21H29N3O5S2/c1-5-24-16-12-31(27,28)13-17(16)30-19(24)23-18(25)15(11-14-9-7-6-8-10-14)22-20(26)29-21(2,3)4/h6-10,15-17H,5,11-13H2,1-4H3,(H,22,26). The Hall–Kier alpha value is -2.07. The summed E-state index contributed by atoms with van der Waals surface area (Å²) in [5, 5.41) is 3.04. The van der Waals surface area contributed by atoms with Gasteiger partial charge in [-0.1, -0.05) is 42.1 Å². The summed E-state index contributed by atoms with van der Waals surface area (Å²) in [6.45, 7) is 7.72. The zero-order valence-electron chi connectivity index (χ0n) is 18.2. The molecule has 0 spiro atoms. The van der Waals surface area contributed by atoms with Crippen molar-refractivity contribution in [3.8, 4) is 0 Å². The van der Waals surface area contributed by atoms with Crippen molar-refractivity contribution < 1.29 is 22.7 Å². The van der Waals surface area contributed by atoms with Gasteiger partial charge in [-0.15, -0.1) is 0 Å². The van der Waals surface area contributed by atoms with Gasteiger partial charge in [-0.25, -0.2) is 13.2 Å². The number of ether oxygens (including phenoxy) is 1. The first kappa shape index (κ1) is 23.6. The number of rotatable bonds is 5. The Kier molecular flexibility index (Phi) is 7.00. The Morgan fingerprint density at radius 2 is 1.94 bits per heavy atom. The molecule has 0 radical (unpaired) electrons. The van der Waals surface area contributed by atoms with Crippen molar-refractivity contribution in [1.82, 2.24) is 10.2 Å². The highest BCUT2D eigenvalue weighted by atomic mass is 32.2. The van der Waals surface area contributed by atoms with E-state index in [1.165, 1.54) is 11.8 Å². The van der Waals surface area contributed by atoms with Crippen LogP contribution in [0.1, 0.15) is 33.3 Å². The summed E-state index contributed by atoms with van der Waals surface area (Å²) in [4.78, 5) is 31.6. The van der Waals surface area contributed by atoms with Crippen molar-refractivity contribution in [3.05, 3.63) is 35.9 Å². The average Bonchev–Trinajstić information content (AvgIpc) is 3.10. The number of benzene rings is 1. The van der Waals surface area contributed by atoms with Gasteiger partial charge in [-0.2, -0.15) is 4.99 Å². The van der Waals surface area contributed by atoms with Crippen LogP contribution in [-0.2, 0) is 25.8 Å². The number of aliphatic imine (C=N–C) groups is 1. The van der Waals surface area contributed by atoms with E-state index < -0.39 is 33.5 Å². The molecule has 0 aromatic heterocycles. The lowest BCUT2D eigenvalue weighted by Gasteiger charge is -2.24. The van der Waals surface area contributed by atoms with Crippen LogP contribution in [0.4, 0.5) is 4.79 Å². The largest absolute Gasteiger partial charge is 0.444 e. The molecule has 3 rings (SSSR count). The summed E-state index contributed by atoms with van der Waals surface area (Å²) in [5.41, 5.74) is 0.186. The molecule has 2 amide bonds. The Morgan fingerprint density at radius 1 is 1.26 bits per heavy atom. The molecule has 2 heterocycles. The van der Waals surface area contributed by atoms with E-state index in [4.69, 9.17) is 4.74 Å². The molecular weight excluding hydrogens is 438 g/mol. The normalized spacial score (nSPS) is 24.6. The third-order valence-corrected chi connectivity index (χ3v) is 8.24. The van der Waals surface area contributed by atoms with Crippen molar-refractivity contribution in [2.24, 2.45) is 4.99 Å². The minimum atomic E-state index is -3.07. The van der Waals surface area contributed by atoms with Gasteiger partial charge in [0.1, 0.15) is 11.6 Å². The number of carbonyl (C=O) groups excluding carboxylic acids is 2. The topological polar surface area (TPSA) is 105 Å². The molecule has 1 aromatic rings. The summed E-state index contributed by atoms with van der Waals surface area (Å²) in [6, 6.07) is 8.30. The van der Waals surface area contributed by atoms with Crippen molar-refractivity contribution in [2.45, 2.75) is 57.1 Å². The van der Waals surface area contributed by atoms with Crippen LogP contribution in [0, 0.1) is 0 Å². The second-order valence-electron chi connectivity index (χ2n) is 8.71. The van der Waals surface area contributed by atoms with E-state index in [-0.39, 0.29) is 29.2 Å². The summed E-state index contributed by atoms with van der Waals surface area (Å²) in [6.07, 6.45) is -0.412. The van der Waals surface area contributed by atoms with Crippen LogP contribution in [0.5, 0.6) is 0 Å². The Balaban J connectivity index is 1.79. The minimum absolute atomic E-state index is 0.0787. The molecule has 31 heavy (non-hydrogen) atoms. The van der Waals surface area contributed by atoms with Gasteiger partial charge >= 0.3 is 6.09 Å². The van der Waals surface area contributed by atoms with Gasteiger partial charge in [-0.3, -0.25) is 4.79 Å². The molecule has 2 saturated heterocycles. The van der Waals surface area contributed by atoms with E-state index in [0.717, 1.165) is 5.56 Å². The molecule has 3 unspecified atom stereocenters. The lowest BCUT2D eigenvalue weighted by Crippen LogP contribution is -2.45. The van der Waals surface area contributed by atoms with Crippen LogP contribution in [0.15, 0.2) is 35.3 Å². The molecule has 1 aromatic carbocycles. The first-order valence-corrected chi connectivity index (χ1v) is 13.0. The number of carbonyl (C=O) groups is 2. The van der Waals surface area contributed by atoms with Crippen LogP contribution in [0.25, 0.3) is 0 Å². The van der Waals surface area contributed by atoms with Crippen LogP contribution in [0.3, 0.4) is 0 Å². The number of thioether (sulfide) groups is 1. The van der Waals surface area contributed by atoms with Gasteiger partial charge < -0.3 is 15.0 Å². The molecule has 0 aliphatic carbocycles. The Morgan fingerprint density at radius 3 is 2.55 bits per heavy atom. The van der Waals surface area contributed by atoms with E-state index in [0.29, 0.717) is 11.7 Å². The van der Waals surface area contributed by atoms with Gasteiger partial charge in [-0.05, 0) is 33.3 Å². The van der Waals surface area contributed by atoms with E-state index in [1.54, 1.807) is 20.8 Å². The average molecular weight is 468 g/mol. The second kappa shape index (κ2) is 9.20. The number of nitrogens with one attached hydrogen (secondary N) is 1. The number of fused-ring (bicyclic) bond motifs is 1. The molecule has 3 atom stereocenters. The predicted octanol–water partition coefficient (Wildman–Crippen LogP) is 2.24. The summed E-state index contributed by atoms with van der Waals surface area (Å²) < 4.78 is 29.3. The van der Waals surface area contributed by atoms with Crippen molar-refractivity contribution in [2.75, 3.05) is 18.1 Å². The van der Waals surface area contributed by atoms with Crippen molar-refractivity contribution in [3.63, 3.8) is 0 Å². The molecular formula is C21H29N3O5S2. The minimum Gasteiger partial charge on any atom is -0.444 e. The second-order valence-corrected chi connectivity index (χ2v) is 12.1. The lowest BCUT2D eigenvalue weighted by atomic mass is 10.1. The summed E-state index contributed by atoms with van der Waals surface area (Å²) >= 11 is 1.33. The van der Waals surface area contributed by atoms with Crippen LogP contribution < -0.4 is 5.32 Å². The lowest BCUT2D eigenvalue weighted by molar-refractivity contribution is -0.119. The molecule has 2 aliphatic heterocycles. The number of amides is 2. The highest BCUT2D eigenvalue weighted by Crippen LogP contribution is 2.37. The van der Waals surface area contributed by atoms with Gasteiger partial charge in [0.05, 0.1) is 17.5 Å². The number of amidine groups is 1. The third-order valence-electron chi connectivity index (χ3n) is 4.99. The smallest absolute Gasteiger partial charge is 0.408 e. The molecule has 2 fully saturated rings. The molecule has 10 heteroatoms. The number of sulfone groups is 1. The van der Waals surface area contributed by atoms with Gasteiger partial charge in [0, 0.05) is 18.2 Å². The number of hydrogen-bond acceptors (Lipinski definition) is 6. The number of hydrogen-bond donors (Lipinski definition) is 1. The van der Waals surface area contributed by atoms with E-state index in [1.807, 2.05) is 42.2 Å². The molecule has 0 saturated carbocycles. The first-order chi connectivity index (χ1) is 14.5. The maximum absolute atomic E-state index is 13.1. The summed E-state index contributed by atoms with van der Waals surface area (Å²) in [5.74, 6) is -0.316. The van der Waals surface area contributed by atoms with Gasteiger partial charge in [0.15, 0.2) is 15.0 Å². The zero-order chi connectivity index (χ0) is 22.8. The number of nitrogens with zero attached hydrogens (tertiary/aromatic N) is 2. The zero-order valence-corrected chi connectivity index (χ0v) is 19.8. The Bertz CT molecular complexity index is 957. The quantitative estimate of drug-likeness (QED) is 0.708. The molecule has 0 bridgehead atoms. The fourth-order valence-corrected chi connectivity index (χ4v) is 7.70. The van der Waals surface area contributed by atoms with E-state index in [2.05, 4.69) is 10.3 Å². The Labute approximate surface area is 187 Å². The molecule has 2 aliphatic rings. The van der Waals surface area contributed by atoms with Gasteiger partial charge in [0.2, 0.25) is 0 Å². The van der Waals surface area contributed by atoms with Crippen LogP contribution in [-0.4, -0.2) is 71.5 Å². The van der Waals surface area contributed by atoms with Crippen molar-refractivity contribution in [1.29, 1.82) is 0 Å². The molecule has 8 nitrogen and oxygen atoms in total. The predicted molar refractivity (Wildman–Crippen MR) is 122 cm³/mol. The fourth-order valence-electron chi connectivity index (χ4n) is 3.68. The van der Waals surface area contributed by atoms with E-state index >= 15 is 0 Å². The highest BCUT2D eigenvalue weighted by Gasteiger charge is 2.48. The SMILES string of the molecule is CCN1C(=NC(=O)C(Cc2ccccc2)NC(=O)OC(C)(C)C)SC2CS(=O)(=O)CC21.